The number of nitrogens with zero attached hydrogens (tertiary/aromatic N) is 1. The third kappa shape index (κ3) is 3.42. The van der Waals surface area contributed by atoms with Crippen LogP contribution in [0.15, 0.2) is 24.3 Å². The van der Waals surface area contributed by atoms with Gasteiger partial charge < -0.3 is 4.74 Å². The van der Waals surface area contributed by atoms with E-state index in [-0.39, 0.29) is 17.4 Å². The maximum atomic E-state index is 11.1. The Morgan fingerprint density at radius 2 is 2.00 bits per heavy atom. The first-order valence-corrected chi connectivity index (χ1v) is 5.40. The maximum absolute atomic E-state index is 11.1. The van der Waals surface area contributed by atoms with Gasteiger partial charge in [0.1, 0.15) is 0 Å². The molecule has 0 saturated heterocycles. The fraction of sp³-hybridized carbons (Fsp3) is 0.364. The van der Waals surface area contributed by atoms with E-state index < -0.39 is 16.3 Å². The van der Waals surface area contributed by atoms with Crippen molar-refractivity contribution in [2.75, 3.05) is 0 Å². The fourth-order valence-electron chi connectivity index (χ4n) is 1.29. The lowest BCUT2D eigenvalue weighted by molar-refractivity contribution is -0.386. The minimum Gasteiger partial charge on any atom is -0.474 e. The summed E-state index contributed by atoms with van der Waals surface area (Å²) in [4.78, 5) is 21.3. The van der Waals surface area contributed by atoms with Crippen molar-refractivity contribution in [3.05, 3.63) is 34.4 Å². The molecule has 1 rings (SSSR count). The van der Waals surface area contributed by atoms with E-state index in [0.717, 1.165) is 0 Å². The second-order valence-electron chi connectivity index (χ2n) is 3.81. The molecule has 6 heteroatoms. The maximum Gasteiger partial charge on any atom is 0.310 e. The van der Waals surface area contributed by atoms with E-state index in [0.29, 0.717) is 0 Å². The molecule has 0 fully saturated rings. The lowest BCUT2D eigenvalue weighted by Gasteiger charge is -2.18. The Labute approximate surface area is 103 Å². The quantitative estimate of drug-likeness (QED) is 0.462. The molecule has 0 aliphatic carbocycles. The first-order valence-electron chi connectivity index (χ1n) is 5.03. The van der Waals surface area contributed by atoms with Gasteiger partial charge in [0.25, 0.3) is 5.24 Å². The highest BCUT2D eigenvalue weighted by Crippen LogP contribution is 2.28. The van der Waals surface area contributed by atoms with E-state index in [1.165, 1.54) is 18.2 Å². The summed E-state index contributed by atoms with van der Waals surface area (Å²) in [6.45, 7) is 3.50. The summed E-state index contributed by atoms with van der Waals surface area (Å²) in [5.41, 5.74) is -0.184. The summed E-state index contributed by atoms with van der Waals surface area (Å²) in [6, 6.07) is 5.87. The smallest absolute Gasteiger partial charge is 0.310 e. The molecule has 92 valence electrons. The Kier molecular flexibility index (Phi) is 4.45. The highest BCUT2D eigenvalue weighted by molar-refractivity contribution is 6.64. The lowest BCUT2D eigenvalue weighted by Crippen LogP contribution is -2.29. The van der Waals surface area contributed by atoms with Gasteiger partial charge >= 0.3 is 5.69 Å². The highest BCUT2D eigenvalue weighted by Gasteiger charge is 2.25. The number of ether oxygens (including phenoxy) is 1. The van der Waals surface area contributed by atoms with Crippen molar-refractivity contribution in [1.82, 2.24) is 0 Å². The second kappa shape index (κ2) is 5.63. The van der Waals surface area contributed by atoms with E-state index in [9.17, 15) is 14.9 Å². The minimum absolute atomic E-state index is 0.0465. The molecular formula is C11H12ClNO4. The van der Waals surface area contributed by atoms with Crippen molar-refractivity contribution < 1.29 is 14.5 Å². The normalized spacial score (nSPS) is 12.2. The molecule has 1 atom stereocenters. The van der Waals surface area contributed by atoms with Crippen LogP contribution in [0.4, 0.5) is 5.69 Å². The van der Waals surface area contributed by atoms with Gasteiger partial charge in [-0.2, -0.15) is 0 Å². The molecule has 0 radical (unpaired) electrons. The van der Waals surface area contributed by atoms with Crippen LogP contribution in [0.25, 0.3) is 0 Å². The lowest BCUT2D eigenvalue weighted by atomic mass is 10.1. The van der Waals surface area contributed by atoms with E-state index in [1.807, 2.05) is 0 Å². The number of nitro benzene ring substituents is 1. The van der Waals surface area contributed by atoms with E-state index in [2.05, 4.69) is 0 Å². The van der Waals surface area contributed by atoms with Crippen LogP contribution in [0.1, 0.15) is 13.8 Å². The number of benzene rings is 1. The molecule has 1 unspecified atom stereocenters. The molecule has 0 aliphatic rings. The van der Waals surface area contributed by atoms with Crippen LogP contribution in [0, 0.1) is 16.0 Å². The van der Waals surface area contributed by atoms with Gasteiger partial charge in [-0.1, -0.05) is 26.0 Å². The zero-order valence-corrected chi connectivity index (χ0v) is 10.2. The standard InChI is InChI=1S/C11H12ClNO4/c1-7(2)10(11(12)14)17-9-6-4-3-5-8(9)13(15)16/h3-7,10H,1-2H3. The van der Waals surface area contributed by atoms with Crippen LogP contribution in [-0.2, 0) is 4.79 Å². The van der Waals surface area contributed by atoms with Gasteiger partial charge in [0, 0.05) is 6.07 Å². The Bertz CT molecular complexity index is 433. The van der Waals surface area contributed by atoms with Crippen molar-refractivity contribution in [2.24, 2.45) is 5.92 Å². The van der Waals surface area contributed by atoms with Crippen molar-refractivity contribution >= 4 is 22.5 Å². The monoisotopic (exact) mass is 257 g/mol. The molecule has 0 aromatic heterocycles. The molecule has 0 aliphatic heterocycles. The predicted molar refractivity (Wildman–Crippen MR) is 63.2 cm³/mol. The average Bonchev–Trinajstić information content (AvgIpc) is 2.25. The Morgan fingerprint density at radius 3 is 2.47 bits per heavy atom. The molecule has 0 heterocycles. The van der Waals surface area contributed by atoms with E-state index in [1.54, 1.807) is 19.9 Å². The predicted octanol–water partition coefficient (Wildman–Crippen LogP) is 2.76. The Morgan fingerprint density at radius 1 is 1.41 bits per heavy atom. The summed E-state index contributed by atoms with van der Waals surface area (Å²) >= 11 is 5.39. The van der Waals surface area contributed by atoms with Crippen LogP contribution < -0.4 is 4.74 Å². The first kappa shape index (κ1) is 13.4. The minimum atomic E-state index is -0.891. The molecule has 0 N–H and O–H groups in total. The largest absolute Gasteiger partial charge is 0.474 e. The van der Waals surface area contributed by atoms with Gasteiger partial charge in [0.2, 0.25) is 0 Å². The van der Waals surface area contributed by atoms with Crippen LogP contribution in [0.2, 0.25) is 0 Å². The number of halogens is 1. The molecule has 5 nitrogen and oxygen atoms in total. The molecule has 0 saturated carbocycles. The molecule has 0 amide bonds. The van der Waals surface area contributed by atoms with Gasteiger partial charge in [0.05, 0.1) is 4.92 Å². The molecule has 1 aromatic rings. The summed E-state index contributed by atoms with van der Waals surface area (Å²) < 4.78 is 5.31. The van der Waals surface area contributed by atoms with Crippen molar-refractivity contribution in [2.45, 2.75) is 20.0 Å². The second-order valence-corrected chi connectivity index (χ2v) is 4.18. The number of rotatable bonds is 5. The summed E-state index contributed by atoms with van der Waals surface area (Å²) in [5, 5.41) is 10.1. The van der Waals surface area contributed by atoms with E-state index in [4.69, 9.17) is 16.3 Å². The number of para-hydroxylation sites is 2. The SMILES string of the molecule is CC(C)C(Oc1ccccc1[N+](=O)[O-])C(=O)Cl. The number of hydrogen-bond donors (Lipinski definition) is 0. The van der Waals surface area contributed by atoms with Gasteiger partial charge in [-0.3, -0.25) is 14.9 Å². The van der Waals surface area contributed by atoms with Crippen LogP contribution in [-0.4, -0.2) is 16.3 Å². The number of carbonyl (C=O) groups is 1. The van der Waals surface area contributed by atoms with Crippen molar-refractivity contribution in [3.63, 3.8) is 0 Å². The summed E-state index contributed by atoms with van der Waals surface area (Å²) in [6.07, 6.45) is -0.891. The summed E-state index contributed by atoms with van der Waals surface area (Å²) in [5.74, 6) is -0.120. The third-order valence-corrected chi connectivity index (χ3v) is 2.36. The van der Waals surface area contributed by atoms with Crippen LogP contribution >= 0.6 is 11.6 Å². The van der Waals surface area contributed by atoms with Crippen molar-refractivity contribution in [1.29, 1.82) is 0 Å². The Balaban J connectivity index is 3.01. The third-order valence-electron chi connectivity index (χ3n) is 2.15. The molecule has 0 spiro atoms. The van der Waals surface area contributed by atoms with Gasteiger partial charge in [-0.05, 0) is 23.6 Å². The highest BCUT2D eigenvalue weighted by atomic mass is 35.5. The first-order chi connectivity index (χ1) is 7.93. The zero-order chi connectivity index (χ0) is 13.0. The zero-order valence-electron chi connectivity index (χ0n) is 9.42. The molecule has 17 heavy (non-hydrogen) atoms. The van der Waals surface area contributed by atoms with Crippen molar-refractivity contribution in [3.8, 4) is 5.75 Å². The van der Waals surface area contributed by atoms with Crippen LogP contribution in [0.5, 0.6) is 5.75 Å². The summed E-state index contributed by atoms with van der Waals surface area (Å²) in [7, 11) is 0. The molecular weight excluding hydrogens is 246 g/mol. The van der Waals surface area contributed by atoms with Crippen LogP contribution in [0.3, 0.4) is 0 Å². The fourth-order valence-corrected chi connectivity index (χ4v) is 1.59. The topological polar surface area (TPSA) is 69.4 Å². The van der Waals surface area contributed by atoms with Gasteiger partial charge in [-0.25, -0.2) is 0 Å². The molecule has 0 bridgehead atoms. The average molecular weight is 258 g/mol. The van der Waals surface area contributed by atoms with Gasteiger partial charge in [-0.15, -0.1) is 0 Å². The Hall–Kier alpha value is -1.62. The number of hydrogen-bond acceptors (Lipinski definition) is 4. The van der Waals surface area contributed by atoms with Gasteiger partial charge in [0.15, 0.2) is 11.9 Å². The number of carbonyl (C=O) groups excluding carboxylic acids is 1. The number of nitro groups is 1. The molecule has 1 aromatic carbocycles. The van der Waals surface area contributed by atoms with E-state index >= 15 is 0 Å².